The molecule has 0 aromatic heterocycles. The molecule has 1 saturated carbocycles. The van der Waals surface area contributed by atoms with Crippen molar-refractivity contribution in [1.29, 1.82) is 0 Å². The Kier molecular flexibility index (Phi) is 6.63. The average Bonchev–Trinajstić information content (AvgIpc) is 2.59. The van der Waals surface area contributed by atoms with Gasteiger partial charge in [0.15, 0.2) is 5.78 Å². The molecule has 1 N–H and O–H groups in total. The molecule has 10 nitrogen and oxygen atoms in total. The van der Waals surface area contributed by atoms with Gasteiger partial charge in [-0.2, -0.15) is 0 Å². The minimum absolute atomic E-state index is 0.487. The van der Waals surface area contributed by atoms with Gasteiger partial charge in [-0.15, -0.1) is 0 Å². The minimum Gasteiger partial charge on any atom is -0.469 e. The molecule has 0 radical (unpaired) electrons. The number of hydrogen-bond acceptors (Lipinski definition) is 10. The maximum atomic E-state index is 12.6. The van der Waals surface area contributed by atoms with Gasteiger partial charge in [-0.3, -0.25) is 24.0 Å². The molecule has 140 valence electrons. The Morgan fingerprint density at radius 1 is 0.960 bits per heavy atom. The van der Waals surface area contributed by atoms with E-state index in [0.717, 1.165) is 28.4 Å². The lowest BCUT2D eigenvalue weighted by Gasteiger charge is -2.43. The van der Waals surface area contributed by atoms with E-state index in [1.54, 1.807) is 0 Å². The van der Waals surface area contributed by atoms with E-state index < -0.39 is 65.9 Å². The van der Waals surface area contributed by atoms with Crippen molar-refractivity contribution in [3.63, 3.8) is 0 Å². The molecule has 0 unspecified atom stereocenters. The number of carbonyl (C=O) groups is 5. The van der Waals surface area contributed by atoms with Crippen molar-refractivity contribution in [2.75, 3.05) is 28.4 Å². The van der Waals surface area contributed by atoms with E-state index in [0.29, 0.717) is 0 Å². The van der Waals surface area contributed by atoms with E-state index in [2.05, 4.69) is 18.9 Å². The standard InChI is InChI=1S/C15H20O10/c1-22-9(16)6-15(21)8(13(19)24-3)5-7(12(18)23-2)11(17)10(15)14(20)25-4/h7-8,10,21H,5-6H2,1-4H3/t7-,8-,10+,15+/m1/s1. The highest BCUT2D eigenvalue weighted by Crippen LogP contribution is 2.43. The molecule has 0 saturated heterocycles. The van der Waals surface area contributed by atoms with Crippen LogP contribution in [0.15, 0.2) is 0 Å². The van der Waals surface area contributed by atoms with Crippen LogP contribution in [0.5, 0.6) is 0 Å². The Morgan fingerprint density at radius 2 is 1.48 bits per heavy atom. The van der Waals surface area contributed by atoms with Gasteiger partial charge >= 0.3 is 23.9 Å². The first kappa shape index (κ1) is 20.6. The van der Waals surface area contributed by atoms with Crippen LogP contribution in [-0.2, 0) is 42.9 Å². The zero-order valence-electron chi connectivity index (χ0n) is 14.3. The third-order valence-electron chi connectivity index (χ3n) is 4.27. The predicted octanol–water partition coefficient (Wildman–Crippen LogP) is -1.38. The number of aliphatic hydroxyl groups is 1. The maximum Gasteiger partial charge on any atom is 0.319 e. The number of methoxy groups -OCH3 is 4. The first-order chi connectivity index (χ1) is 11.7. The SMILES string of the molecule is COC(=O)C[C@@]1(O)[C@H](C(=O)OC)C(=O)[C@H](C(=O)OC)C[C@@H]1C(=O)OC. The number of carbonyl (C=O) groups excluding carboxylic acids is 5. The maximum absolute atomic E-state index is 12.6. The smallest absolute Gasteiger partial charge is 0.319 e. The second-order valence-electron chi connectivity index (χ2n) is 5.49. The zero-order valence-corrected chi connectivity index (χ0v) is 14.3. The van der Waals surface area contributed by atoms with Crippen molar-refractivity contribution in [1.82, 2.24) is 0 Å². The van der Waals surface area contributed by atoms with Crippen LogP contribution in [-0.4, -0.2) is 68.8 Å². The molecule has 4 atom stereocenters. The fraction of sp³-hybridized carbons (Fsp3) is 0.667. The van der Waals surface area contributed by atoms with Crippen molar-refractivity contribution < 1.29 is 48.0 Å². The first-order valence-corrected chi connectivity index (χ1v) is 7.24. The molecule has 0 bridgehead atoms. The normalized spacial score (nSPS) is 28.7. The number of rotatable bonds is 5. The molecule has 1 fully saturated rings. The van der Waals surface area contributed by atoms with Gasteiger partial charge in [0.25, 0.3) is 0 Å². The minimum atomic E-state index is -2.46. The number of esters is 4. The molecule has 0 amide bonds. The van der Waals surface area contributed by atoms with Gasteiger partial charge in [0, 0.05) is 0 Å². The molecule has 0 heterocycles. The summed E-state index contributed by atoms with van der Waals surface area (Å²) in [5.74, 6) is -10.1. The highest BCUT2D eigenvalue weighted by atomic mass is 16.5. The van der Waals surface area contributed by atoms with Crippen LogP contribution in [0.2, 0.25) is 0 Å². The molecule has 10 heteroatoms. The van der Waals surface area contributed by atoms with Crippen molar-refractivity contribution in [2.45, 2.75) is 18.4 Å². The van der Waals surface area contributed by atoms with Gasteiger partial charge in [-0.1, -0.05) is 0 Å². The average molecular weight is 360 g/mol. The fourth-order valence-electron chi connectivity index (χ4n) is 2.97. The second kappa shape index (κ2) is 8.06. The lowest BCUT2D eigenvalue weighted by atomic mass is 9.62. The number of ketones is 1. The van der Waals surface area contributed by atoms with Crippen molar-refractivity contribution in [2.24, 2.45) is 17.8 Å². The van der Waals surface area contributed by atoms with Gasteiger partial charge in [0.2, 0.25) is 0 Å². The molecule has 1 rings (SSSR count). The molecular formula is C15H20O10. The van der Waals surface area contributed by atoms with Gasteiger partial charge in [0.05, 0.1) is 40.8 Å². The summed E-state index contributed by atoms with van der Waals surface area (Å²) in [6, 6.07) is 0. The van der Waals surface area contributed by atoms with Crippen LogP contribution < -0.4 is 0 Å². The van der Waals surface area contributed by atoms with E-state index in [4.69, 9.17) is 0 Å². The van der Waals surface area contributed by atoms with Crippen molar-refractivity contribution in [3.05, 3.63) is 0 Å². The van der Waals surface area contributed by atoms with Crippen LogP contribution in [0.3, 0.4) is 0 Å². The molecule has 25 heavy (non-hydrogen) atoms. The number of Topliss-reactive ketones (excluding diaryl/α,β-unsaturated/α-hetero) is 1. The molecule has 0 aromatic carbocycles. The highest BCUT2D eigenvalue weighted by molar-refractivity contribution is 6.11. The monoisotopic (exact) mass is 360 g/mol. The summed E-state index contributed by atoms with van der Waals surface area (Å²) >= 11 is 0. The van der Waals surface area contributed by atoms with Crippen LogP contribution in [0.1, 0.15) is 12.8 Å². The van der Waals surface area contributed by atoms with Crippen LogP contribution in [0, 0.1) is 17.8 Å². The Hall–Kier alpha value is -2.49. The summed E-state index contributed by atoms with van der Waals surface area (Å²) in [6.07, 6.45) is -1.33. The summed E-state index contributed by atoms with van der Waals surface area (Å²) in [4.78, 5) is 60.4. The summed E-state index contributed by atoms with van der Waals surface area (Å²) in [5.41, 5.74) is -2.46. The lowest BCUT2D eigenvalue weighted by molar-refractivity contribution is -0.189. The van der Waals surface area contributed by atoms with Gasteiger partial charge < -0.3 is 24.1 Å². The first-order valence-electron chi connectivity index (χ1n) is 7.24. The Balaban J connectivity index is 3.50. The lowest BCUT2D eigenvalue weighted by Crippen LogP contribution is -2.62. The van der Waals surface area contributed by atoms with Crippen LogP contribution in [0.25, 0.3) is 0 Å². The molecule has 1 aliphatic rings. The highest BCUT2D eigenvalue weighted by Gasteiger charge is 2.62. The third-order valence-corrected chi connectivity index (χ3v) is 4.27. The quantitative estimate of drug-likeness (QED) is 0.354. The topological polar surface area (TPSA) is 142 Å². The Labute approximate surface area is 143 Å². The summed E-state index contributed by atoms with van der Waals surface area (Å²) in [5, 5.41) is 11.0. The fourth-order valence-corrected chi connectivity index (χ4v) is 2.97. The number of ether oxygens (including phenoxy) is 4. The van der Waals surface area contributed by atoms with Crippen LogP contribution in [0.4, 0.5) is 0 Å². The largest absolute Gasteiger partial charge is 0.469 e. The molecular weight excluding hydrogens is 340 g/mol. The van der Waals surface area contributed by atoms with E-state index in [1.807, 2.05) is 0 Å². The van der Waals surface area contributed by atoms with Gasteiger partial charge in [0.1, 0.15) is 17.4 Å². The summed E-state index contributed by atoms with van der Waals surface area (Å²) in [6.45, 7) is 0. The second-order valence-corrected chi connectivity index (χ2v) is 5.49. The van der Waals surface area contributed by atoms with Crippen molar-refractivity contribution in [3.8, 4) is 0 Å². The third kappa shape index (κ3) is 3.78. The van der Waals surface area contributed by atoms with E-state index >= 15 is 0 Å². The molecule has 0 aromatic rings. The van der Waals surface area contributed by atoms with Crippen LogP contribution >= 0.6 is 0 Å². The predicted molar refractivity (Wildman–Crippen MR) is 77.7 cm³/mol. The molecule has 0 spiro atoms. The van der Waals surface area contributed by atoms with E-state index in [9.17, 15) is 29.1 Å². The molecule has 0 aliphatic heterocycles. The van der Waals surface area contributed by atoms with Gasteiger partial charge in [-0.25, -0.2) is 0 Å². The van der Waals surface area contributed by atoms with E-state index in [-0.39, 0.29) is 0 Å². The van der Waals surface area contributed by atoms with Gasteiger partial charge in [-0.05, 0) is 6.42 Å². The zero-order chi connectivity index (χ0) is 19.4. The summed E-state index contributed by atoms with van der Waals surface area (Å²) in [7, 11) is 4.06. The Morgan fingerprint density at radius 3 is 1.92 bits per heavy atom. The van der Waals surface area contributed by atoms with E-state index in [1.165, 1.54) is 0 Å². The number of hydrogen-bond donors (Lipinski definition) is 1. The Bertz CT molecular complexity index is 583. The molecule has 1 aliphatic carbocycles. The van der Waals surface area contributed by atoms with Crippen molar-refractivity contribution >= 4 is 29.7 Å². The summed E-state index contributed by atoms with van der Waals surface area (Å²) < 4.78 is 18.1.